The number of rotatable bonds is 4. The quantitative estimate of drug-likeness (QED) is 0.720. The van der Waals surface area contributed by atoms with Crippen molar-refractivity contribution < 1.29 is 4.74 Å². The van der Waals surface area contributed by atoms with Crippen LogP contribution < -0.4 is 11.2 Å². The molecule has 77 valence electrons. The van der Waals surface area contributed by atoms with Crippen molar-refractivity contribution in [3.05, 3.63) is 32.6 Å². The SMILES string of the molecule is Cc1cn(COCC[S])c(=O)[nH]c1=O. The van der Waals surface area contributed by atoms with E-state index in [9.17, 15) is 9.59 Å². The van der Waals surface area contributed by atoms with Crippen LogP contribution in [-0.2, 0) is 11.5 Å². The number of hydrogen-bond acceptors (Lipinski definition) is 3. The zero-order valence-electron chi connectivity index (χ0n) is 7.78. The highest BCUT2D eigenvalue weighted by Gasteiger charge is 1.99. The highest BCUT2D eigenvalue weighted by Crippen LogP contribution is 1.86. The second-order valence-electron chi connectivity index (χ2n) is 2.78. The Morgan fingerprint density at radius 2 is 2.29 bits per heavy atom. The third-order valence-corrected chi connectivity index (χ3v) is 1.81. The van der Waals surface area contributed by atoms with Crippen LogP contribution in [0.1, 0.15) is 5.56 Å². The van der Waals surface area contributed by atoms with E-state index < -0.39 is 5.69 Å². The molecule has 5 nitrogen and oxygen atoms in total. The number of aromatic nitrogens is 2. The molecule has 0 aromatic carbocycles. The summed E-state index contributed by atoms with van der Waals surface area (Å²) in [5.41, 5.74) is -0.355. The van der Waals surface area contributed by atoms with Gasteiger partial charge in [-0.05, 0) is 6.92 Å². The van der Waals surface area contributed by atoms with Gasteiger partial charge in [0.2, 0.25) is 0 Å². The number of aromatic amines is 1. The second kappa shape index (κ2) is 5.02. The zero-order chi connectivity index (χ0) is 10.6. The molecule has 1 rings (SSSR count). The first-order chi connectivity index (χ1) is 6.65. The van der Waals surface area contributed by atoms with E-state index in [0.29, 0.717) is 17.9 Å². The van der Waals surface area contributed by atoms with E-state index in [1.165, 1.54) is 10.8 Å². The molecule has 6 heteroatoms. The number of H-pyrrole nitrogens is 1. The Morgan fingerprint density at radius 3 is 2.93 bits per heavy atom. The molecule has 1 radical (unpaired) electrons. The summed E-state index contributed by atoms with van der Waals surface area (Å²) in [4.78, 5) is 24.4. The first-order valence-corrected chi connectivity index (χ1v) is 4.69. The maximum atomic E-state index is 11.2. The second-order valence-corrected chi connectivity index (χ2v) is 3.19. The zero-order valence-corrected chi connectivity index (χ0v) is 8.60. The fraction of sp³-hybridized carbons (Fsp3) is 0.500. The van der Waals surface area contributed by atoms with Crippen LogP contribution in [0, 0.1) is 6.92 Å². The van der Waals surface area contributed by atoms with Crippen LogP contribution in [0.5, 0.6) is 0 Å². The van der Waals surface area contributed by atoms with Gasteiger partial charge in [-0.2, -0.15) is 0 Å². The Morgan fingerprint density at radius 1 is 1.57 bits per heavy atom. The van der Waals surface area contributed by atoms with Gasteiger partial charge in [0.1, 0.15) is 6.73 Å². The first kappa shape index (κ1) is 11.1. The molecule has 0 aliphatic carbocycles. The van der Waals surface area contributed by atoms with Crippen LogP contribution >= 0.6 is 12.6 Å². The molecule has 0 aliphatic rings. The Balaban J connectivity index is 2.82. The van der Waals surface area contributed by atoms with Gasteiger partial charge in [-0.1, -0.05) is 12.6 Å². The van der Waals surface area contributed by atoms with Gasteiger partial charge in [0.15, 0.2) is 0 Å². The van der Waals surface area contributed by atoms with Gasteiger partial charge < -0.3 is 4.74 Å². The molecular weight excluding hydrogens is 204 g/mol. The van der Waals surface area contributed by atoms with E-state index in [1.54, 1.807) is 6.92 Å². The van der Waals surface area contributed by atoms with E-state index in [1.807, 2.05) is 0 Å². The van der Waals surface area contributed by atoms with Gasteiger partial charge >= 0.3 is 5.69 Å². The number of aryl methyl sites for hydroxylation is 1. The highest BCUT2D eigenvalue weighted by molar-refractivity contribution is 7.80. The first-order valence-electron chi connectivity index (χ1n) is 4.11. The van der Waals surface area contributed by atoms with E-state index in [2.05, 4.69) is 17.6 Å². The maximum Gasteiger partial charge on any atom is 0.330 e. The minimum absolute atomic E-state index is 0.118. The Hall–Kier alpha value is -1.01. The van der Waals surface area contributed by atoms with Gasteiger partial charge in [0.05, 0.1) is 6.61 Å². The van der Waals surface area contributed by atoms with E-state index in [-0.39, 0.29) is 12.3 Å². The predicted octanol–water partition coefficient (Wildman–Crippen LogP) is 0.0166. The molecule has 0 amide bonds. The molecule has 1 heterocycles. The molecule has 1 N–H and O–H groups in total. The highest BCUT2D eigenvalue weighted by atomic mass is 32.1. The predicted molar refractivity (Wildman–Crippen MR) is 54.5 cm³/mol. The number of hydrogen-bond donors (Lipinski definition) is 1. The monoisotopic (exact) mass is 215 g/mol. The minimum Gasteiger partial charge on any atom is -0.360 e. The average Bonchev–Trinajstić information content (AvgIpc) is 2.14. The van der Waals surface area contributed by atoms with Gasteiger partial charge in [0.25, 0.3) is 5.56 Å². The van der Waals surface area contributed by atoms with Gasteiger partial charge in [-0.3, -0.25) is 14.3 Å². The molecule has 1 aromatic rings. The molecule has 14 heavy (non-hydrogen) atoms. The summed E-state index contributed by atoms with van der Waals surface area (Å²) < 4.78 is 6.37. The Labute approximate surface area is 86.1 Å². The molecule has 1 aromatic heterocycles. The van der Waals surface area contributed by atoms with E-state index >= 15 is 0 Å². The fourth-order valence-corrected chi connectivity index (χ4v) is 1.05. The molecule has 0 saturated heterocycles. The van der Waals surface area contributed by atoms with Gasteiger partial charge in [0, 0.05) is 17.5 Å². The molecule has 0 aliphatic heterocycles. The van der Waals surface area contributed by atoms with E-state index in [0.717, 1.165) is 0 Å². The number of ether oxygens (including phenoxy) is 1. The van der Waals surface area contributed by atoms with Crippen molar-refractivity contribution in [3.63, 3.8) is 0 Å². The van der Waals surface area contributed by atoms with Crippen LogP contribution in [0.15, 0.2) is 15.8 Å². The van der Waals surface area contributed by atoms with Gasteiger partial charge in [-0.15, -0.1) is 0 Å². The summed E-state index contributed by atoms with van der Waals surface area (Å²) in [7, 11) is 0. The minimum atomic E-state index is -0.468. The lowest BCUT2D eigenvalue weighted by molar-refractivity contribution is 0.0863. The molecule has 0 saturated carbocycles. The van der Waals surface area contributed by atoms with Crippen molar-refractivity contribution in [3.8, 4) is 0 Å². The molecule has 0 fully saturated rings. The van der Waals surface area contributed by atoms with Crippen molar-refractivity contribution in [1.29, 1.82) is 0 Å². The number of nitrogens with zero attached hydrogens (tertiary/aromatic N) is 1. The van der Waals surface area contributed by atoms with Crippen molar-refractivity contribution in [2.75, 3.05) is 12.4 Å². The standard InChI is InChI=1S/C8H11N2O3S/c1-6-4-10(5-13-2-3-14)8(12)9-7(6)11/h4H,2-3,5H2,1H3,(H,9,11,12). The topological polar surface area (TPSA) is 64.1 Å². The van der Waals surface area contributed by atoms with Crippen molar-refractivity contribution in [1.82, 2.24) is 9.55 Å². The lowest BCUT2D eigenvalue weighted by atomic mass is 10.4. The number of nitrogens with one attached hydrogen (secondary N) is 1. The summed E-state index contributed by atoms with van der Waals surface area (Å²) in [6, 6.07) is 0. The third-order valence-electron chi connectivity index (χ3n) is 1.65. The smallest absolute Gasteiger partial charge is 0.330 e. The van der Waals surface area contributed by atoms with Crippen LogP contribution in [0.4, 0.5) is 0 Å². The molecule has 0 atom stereocenters. The van der Waals surface area contributed by atoms with Crippen LogP contribution in [0.2, 0.25) is 0 Å². The average molecular weight is 215 g/mol. The molecular formula is C8H11N2O3S. The Kier molecular flexibility index (Phi) is 3.97. The van der Waals surface area contributed by atoms with Crippen LogP contribution in [-0.4, -0.2) is 21.9 Å². The van der Waals surface area contributed by atoms with Crippen molar-refractivity contribution in [2.45, 2.75) is 13.7 Å². The maximum absolute atomic E-state index is 11.2. The van der Waals surface area contributed by atoms with E-state index in [4.69, 9.17) is 4.74 Å². The summed E-state index contributed by atoms with van der Waals surface area (Å²) in [5, 5.41) is 0. The normalized spacial score (nSPS) is 10.4. The third kappa shape index (κ3) is 2.74. The van der Waals surface area contributed by atoms with Gasteiger partial charge in [-0.25, -0.2) is 4.79 Å². The summed E-state index contributed by atoms with van der Waals surface area (Å²) in [5.74, 6) is 0.483. The van der Waals surface area contributed by atoms with Crippen molar-refractivity contribution in [2.24, 2.45) is 0 Å². The largest absolute Gasteiger partial charge is 0.360 e. The van der Waals surface area contributed by atoms with Crippen LogP contribution in [0.3, 0.4) is 0 Å². The molecule has 0 bridgehead atoms. The fourth-order valence-electron chi connectivity index (χ4n) is 0.936. The summed E-state index contributed by atoms with van der Waals surface area (Å²) in [6.07, 6.45) is 1.46. The molecule has 0 unspecified atom stereocenters. The van der Waals surface area contributed by atoms with Crippen molar-refractivity contribution >= 4 is 12.6 Å². The molecule has 0 spiro atoms. The summed E-state index contributed by atoms with van der Waals surface area (Å²) in [6.45, 7) is 2.16. The Bertz CT molecular complexity index is 410. The lowest BCUT2D eigenvalue weighted by Gasteiger charge is -2.05. The lowest BCUT2D eigenvalue weighted by Crippen LogP contribution is -2.31. The summed E-state index contributed by atoms with van der Waals surface area (Å²) >= 11 is 4.68. The van der Waals surface area contributed by atoms with Crippen LogP contribution in [0.25, 0.3) is 0 Å².